The second kappa shape index (κ2) is 4.84. The first-order valence-corrected chi connectivity index (χ1v) is 7.38. The molecular formula is C12H20N4OS. The maximum atomic E-state index is 12.0. The van der Waals surface area contributed by atoms with Crippen molar-refractivity contribution in [2.45, 2.75) is 37.4 Å². The number of carbonyl (C=O) groups excluding carboxylic acids is 1. The molecule has 0 aliphatic heterocycles. The monoisotopic (exact) mass is 268 g/mol. The largest absolute Gasteiger partial charge is 0.395 e. The summed E-state index contributed by atoms with van der Waals surface area (Å²) in [5.41, 5.74) is 7.54. The Morgan fingerprint density at radius 2 is 2.28 bits per heavy atom. The fourth-order valence-corrected chi connectivity index (χ4v) is 2.62. The van der Waals surface area contributed by atoms with Crippen LogP contribution in [0.1, 0.15) is 48.8 Å². The van der Waals surface area contributed by atoms with E-state index in [4.69, 9.17) is 5.73 Å². The van der Waals surface area contributed by atoms with Crippen molar-refractivity contribution in [2.75, 3.05) is 18.5 Å². The number of aromatic amines is 1. The smallest absolute Gasteiger partial charge is 0.273 e. The quantitative estimate of drug-likeness (QED) is 0.759. The fourth-order valence-electron chi connectivity index (χ4n) is 1.89. The number of nitrogen functional groups attached to an aromatic ring is 1. The number of anilines is 1. The molecule has 0 bridgehead atoms. The number of nitrogens with zero attached hydrogens (tertiary/aromatic N) is 1. The van der Waals surface area contributed by atoms with Gasteiger partial charge in [-0.2, -0.15) is 16.9 Å². The van der Waals surface area contributed by atoms with E-state index in [2.05, 4.69) is 21.8 Å². The molecule has 0 aromatic carbocycles. The molecule has 18 heavy (non-hydrogen) atoms. The van der Waals surface area contributed by atoms with Gasteiger partial charge in [0.1, 0.15) is 0 Å². The lowest BCUT2D eigenvalue weighted by Crippen LogP contribution is -2.32. The van der Waals surface area contributed by atoms with Crippen molar-refractivity contribution in [3.05, 3.63) is 11.4 Å². The average molecular weight is 268 g/mol. The number of H-pyrrole nitrogens is 1. The van der Waals surface area contributed by atoms with Gasteiger partial charge in [-0.3, -0.25) is 9.89 Å². The fraction of sp³-hybridized carbons (Fsp3) is 0.667. The maximum Gasteiger partial charge on any atom is 0.273 e. The standard InChI is InChI=1S/C12H20N4OS/c1-7(2)9-8(13)10(16-15-9)11(17)14-6-12(18-3)4-5-12/h7H,4-6,13H2,1-3H3,(H,14,17)(H,15,16). The molecule has 4 N–H and O–H groups in total. The van der Waals surface area contributed by atoms with Crippen molar-refractivity contribution in [2.24, 2.45) is 0 Å². The number of nitrogens with one attached hydrogen (secondary N) is 2. The second-order valence-corrected chi connectivity index (χ2v) is 6.40. The van der Waals surface area contributed by atoms with Crippen LogP contribution < -0.4 is 11.1 Å². The summed E-state index contributed by atoms with van der Waals surface area (Å²) in [5, 5.41) is 9.78. The first kappa shape index (κ1) is 13.3. The summed E-state index contributed by atoms with van der Waals surface area (Å²) in [6.07, 6.45) is 4.42. The lowest BCUT2D eigenvalue weighted by molar-refractivity contribution is 0.0949. The van der Waals surface area contributed by atoms with Gasteiger partial charge in [-0.05, 0) is 25.0 Å². The predicted molar refractivity (Wildman–Crippen MR) is 74.9 cm³/mol. The average Bonchev–Trinajstić information content (AvgIpc) is 3.02. The highest BCUT2D eigenvalue weighted by molar-refractivity contribution is 8.00. The zero-order valence-corrected chi connectivity index (χ0v) is 11.9. The number of rotatable bonds is 5. The van der Waals surface area contributed by atoms with Gasteiger partial charge in [0, 0.05) is 11.3 Å². The lowest BCUT2D eigenvalue weighted by atomic mass is 10.1. The lowest BCUT2D eigenvalue weighted by Gasteiger charge is -2.12. The van der Waals surface area contributed by atoms with Crippen LogP contribution in [0, 0.1) is 0 Å². The molecule has 1 heterocycles. The Hall–Kier alpha value is -1.17. The van der Waals surface area contributed by atoms with Gasteiger partial charge in [0.2, 0.25) is 0 Å². The Morgan fingerprint density at radius 3 is 2.72 bits per heavy atom. The summed E-state index contributed by atoms with van der Waals surface area (Å²) in [4.78, 5) is 12.0. The van der Waals surface area contributed by atoms with E-state index in [0.29, 0.717) is 17.9 Å². The van der Waals surface area contributed by atoms with E-state index in [9.17, 15) is 4.79 Å². The van der Waals surface area contributed by atoms with Crippen molar-refractivity contribution in [3.63, 3.8) is 0 Å². The molecular weight excluding hydrogens is 248 g/mol. The van der Waals surface area contributed by atoms with E-state index in [1.54, 1.807) is 0 Å². The van der Waals surface area contributed by atoms with Gasteiger partial charge >= 0.3 is 0 Å². The number of thioether (sulfide) groups is 1. The van der Waals surface area contributed by atoms with Gasteiger partial charge in [0.15, 0.2) is 5.69 Å². The van der Waals surface area contributed by atoms with Crippen LogP contribution in [0.25, 0.3) is 0 Å². The molecule has 1 saturated carbocycles. The molecule has 1 amide bonds. The first-order valence-electron chi connectivity index (χ1n) is 6.16. The summed E-state index contributed by atoms with van der Waals surface area (Å²) in [6, 6.07) is 0. The number of hydrogen-bond donors (Lipinski definition) is 3. The van der Waals surface area contributed by atoms with Crippen LogP contribution in [0.2, 0.25) is 0 Å². The number of nitrogens with two attached hydrogens (primary N) is 1. The molecule has 5 nitrogen and oxygen atoms in total. The summed E-state index contributed by atoms with van der Waals surface area (Å²) in [7, 11) is 0. The minimum absolute atomic E-state index is 0.184. The van der Waals surface area contributed by atoms with E-state index in [1.165, 1.54) is 12.8 Å². The zero-order chi connectivity index (χ0) is 13.3. The highest BCUT2D eigenvalue weighted by atomic mass is 32.2. The van der Waals surface area contributed by atoms with Gasteiger partial charge in [-0.15, -0.1) is 0 Å². The number of amides is 1. The third-order valence-corrected chi connectivity index (χ3v) is 4.86. The zero-order valence-electron chi connectivity index (χ0n) is 11.0. The SMILES string of the molecule is CSC1(CNC(=O)c2n[nH]c(C(C)C)c2N)CC1. The van der Waals surface area contributed by atoms with Crippen LogP contribution in [-0.4, -0.2) is 33.7 Å². The minimum atomic E-state index is -0.184. The van der Waals surface area contributed by atoms with Gasteiger partial charge in [0.25, 0.3) is 5.91 Å². The first-order chi connectivity index (χ1) is 8.49. The number of aromatic nitrogens is 2. The summed E-state index contributed by atoms with van der Waals surface area (Å²) >= 11 is 1.82. The molecule has 1 aliphatic carbocycles. The molecule has 1 fully saturated rings. The van der Waals surface area contributed by atoms with Crippen molar-refractivity contribution in [1.29, 1.82) is 0 Å². The van der Waals surface area contributed by atoms with Crippen LogP contribution in [0.3, 0.4) is 0 Å². The minimum Gasteiger partial charge on any atom is -0.395 e. The van der Waals surface area contributed by atoms with E-state index in [1.807, 2.05) is 25.6 Å². The molecule has 1 aliphatic rings. The third kappa shape index (κ3) is 2.48. The molecule has 1 aromatic heterocycles. The molecule has 1 aromatic rings. The molecule has 100 valence electrons. The highest BCUT2D eigenvalue weighted by Crippen LogP contribution is 2.46. The Morgan fingerprint density at radius 1 is 1.61 bits per heavy atom. The summed E-state index contributed by atoms with van der Waals surface area (Å²) in [5.74, 6) is 0.0518. The number of hydrogen-bond acceptors (Lipinski definition) is 4. The molecule has 6 heteroatoms. The summed E-state index contributed by atoms with van der Waals surface area (Å²) < 4.78 is 0.252. The van der Waals surface area contributed by atoms with E-state index in [0.717, 1.165) is 5.69 Å². The van der Waals surface area contributed by atoms with Crippen LogP contribution >= 0.6 is 11.8 Å². The van der Waals surface area contributed by atoms with E-state index >= 15 is 0 Å². The van der Waals surface area contributed by atoms with Crippen molar-refractivity contribution in [1.82, 2.24) is 15.5 Å². The van der Waals surface area contributed by atoms with Gasteiger partial charge in [0.05, 0.1) is 11.4 Å². The second-order valence-electron chi connectivity index (χ2n) is 5.12. The van der Waals surface area contributed by atoms with Crippen LogP contribution in [0.15, 0.2) is 0 Å². The Labute approximate surface area is 111 Å². The normalized spacial score (nSPS) is 16.9. The van der Waals surface area contributed by atoms with Crippen LogP contribution in [-0.2, 0) is 0 Å². The molecule has 0 spiro atoms. The molecule has 0 saturated heterocycles. The van der Waals surface area contributed by atoms with Crippen molar-refractivity contribution >= 4 is 23.4 Å². The Bertz CT molecular complexity index is 451. The Kier molecular flexibility index (Phi) is 3.56. The van der Waals surface area contributed by atoms with E-state index < -0.39 is 0 Å². The van der Waals surface area contributed by atoms with Gasteiger partial charge < -0.3 is 11.1 Å². The topological polar surface area (TPSA) is 83.8 Å². The van der Waals surface area contributed by atoms with Crippen LogP contribution in [0.5, 0.6) is 0 Å². The summed E-state index contributed by atoms with van der Waals surface area (Å²) in [6.45, 7) is 4.72. The number of carbonyl (C=O) groups is 1. The predicted octanol–water partition coefficient (Wildman–Crippen LogP) is 1.74. The molecule has 0 radical (unpaired) electrons. The van der Waals surface area contributed by atoms with Crippen molar-refractivity contribution < 1.29 is 4.79 Å². The van der Waals surface area contributed by atoms with Crippen LogP contribution in [0.4, 0.5) is 5.69 Å². The highest BCUT2D eigenvalue weighted by Gasteiger charge is 2.42. The molecule has 2 rings (SSSR count). The van der Waals surface area contributed by atoms with Gasteiger partial charge in [-0.1, -0.05) is 13.8 Å². The third-order valence-electron chi connectivity index (χ3n) is 3.44. The Balaban J connectivity index is 2.01. The maximum absolute atomic E-state index is 12.0. The van der Waals surface area contributed by atoms with E-state index in [-0.39, 0.29) is 16.6 Å². The molecule has 0 unspecified atom stereocenters. The van der Waals surface area contributed by atoms with Gasteiger partial charge in [-0.25, -0.2) is 0 Å². The molecule has 0 atom stereocenters. The van der Waals surface area contributed by atoms with Crippen molar-refractivity contribution in [3.8, 4) is 0 Å².